The molecular weight excluding hydrogens is 362 g/mol. The van der Waals surface area contributed by atoms with E-state index in [-0.39, 0.29) is 23.5 Å². The number of aromatic nitrogens is 2. The van der Waals surface area contributed by atoms with Crippen LogP contribution in [-0.4, -0.2) is 21.9 Å². The van der Waals surface area contributed by atoms with Crippen LogP contribution >= 0.6 is 0 Å². The Morgan fingerprint density at radius 3 is 2.28 bits per heavy atom. The highest BCUT2D eigenvalue weighted by atomic mass is 16.2. The maximum Gasteiger partial charge on any atom is 0.229 e. The summed E-state index contributed by atoms with van der Waals surface area (Å²) in [6.07, 6.45) is 4.18. The molecule has 2 unspecified atom stereocenters. The van der Waals surface area contributed by atoms with E-state index in [0.717, 1.165) is 12.1 Å². The van der Waals surface area contributed by atoms with E-state index in [4.69, 9.17) is 0 Å². The summed E-state index contributed by atoms with van der Waals surface area (Å²) in [6.45, 7) is 10.1. The molecule has 1 amide bonds. The molecule has 2 N–H and O–H groups in total. The highest BCUT2D eigenvalue weighted by molar-refractivity contribution is 5.95. The molecule has 1 fully saturated rings. The maximum absolute atomic E-state index is 12.3. The average molecular weight is 398 g/mol. The number of aryl methyl sites for hydroxylation is 2. The lowest BCUT2D eigenvalue weighted by Gasteiger charge is -2.15. The van der Waals surface area contributed by atoms with E-state index in [2.05, 4.69) is 53.6 Å². The molecule has 5 heteroatoms. The SMILES string of the molecule is CCC(C)C(=O)CC(CC)C(=O)Nc1cc(C2CC2)[nH]n1.Cc1cccc(C)c1. The summed E-state index contributed by atoms with van der Waals surface area (Å²) in [4.78, 5) is 24.3. The van der Waals surface area contributed by atoms with Crippen molar-refractivity contribution in [3.05, 3.63) is 47.2 Å². The summed E-state index contributed by atoms with van der Waals surface area (Å²) in [6, 6.07) is 10.4. The van der Waals surface area contributed by atoms with Crippen molar-refractivity contribution in [1.29, 1.82) is 0 Å². The van der Waals surface area contributed by atoms with Gasteiger partial charge in [0.2, 0.25) is 5.91 Å². The lowest BCUT2D eigenvalue weighted by atomic mass is 9.92. The number of anilines is 1. The van der Waals surface area contributed by atoms with Crippen molar-refractivity contribution in [2.75, 3.05) is 5.32 Å². The zero-order valence-electron chi connectivity index (χ0n) is 18.4. The van der Waals surface area contributed by atoms with Gasteiger partial charge in [-0.05, 0) is 39.5 Å². The van der Waals surface area contributed by atoms with E-state index in [1.165, 1.54) is 24.0 Å². The number of nitrogens with zero attached hydrogens (tertiary/aromatic N) is 1. The standard InChI is InChI=1S/C16H25N3O2.C8H10/c1-4-10(3)14(20)8-11(5-2)16(21)17-15-9-13(18-19-15)12-6-7-12;1-7-4-3-5-8(2)6-7/h9-12H,4-8H2,1-3H3,(H2,17,18,19,21);3-6H,1-2H3. The summed E-state index contributed by atoms with van der Waals surface area (Å²) < 4.78 is 0. The zero-order valence-corrected chi connectivity index (χ0v) is 18.4. The number of aromatic amines is 1. The summed E-state index contributed by atoms with van der Waals surface area (Å²) in [5.41, 5.74) is 3.77. The van der Waals surface area contributed by atoms with Crippen LogP contribution in [0.25, 0.3) is 0 Å². The van der Waals surface area contributed by atoms with Crippen LogP contribution in [0.3, 0.4) is 0 Å². The Balaban J connectivity index is 0.000000313. The van der Waals surface area contributed by atoms with E-state index < -0.39 is 0 Å². The summed E-state index contributed by atoms with van der Waals surface area (Å²) in [5.74, 6) is 0.961. The first-order valence-corrected chi connectivity index (χ1v) is 10.8. The van der Waals surface area contributed by atoms with Crippen molar-refractivity contribution in [3.63, 3.8) is 0 Å². The van der Waals surface area contributed by atoms with Crippen LogP contribution in [0.15, 0.2) is 30.3 Å². The first kappa shape index (κ1) is 22.9. The number of hydrogen-bond donors (Lipinski definition) is 2. The van der Waals surface area contributed by atoms with Gasteiger partial charge in [-0.1, -0.05) is 56.2 Å². The predicted octanol–water partition coefficient (Wildman–Crippen LogP) is 5.56. The van der Waals surface area contributed by atoms with E-state index in [1.807, 2.05) is 26.8 Å². The molecule has 29 heavy (non-hydrogen) atoms. The summed E-state index contributed by atoms with van der Waals surface area (Å²) in [7, 11) is 0. The third kappa shape index (κ3) is 7.48. The second kappa shape index (κ2) is 10.9. The molecule has 1 saturated carbocycles. The minimum atomic E-state index is -0.271. The summed E-state index contributed by atoms with van der Waals surface area (Å²) in [5, 5.41) is 9.91. The Bertz CT molecular complexity index is 791. The highest BCUT2D eigenvalue weighted by Crippen LogP contribution is 2.39. The van der Waals surface area contributed by atoms with Crippen LogP contribution in [0.4, 0.5) is 5.82 Å². The number of nitrogens with one attached hydrogen (secondary N) is 2. The second-order valence-electron chi connectivity index (χ2n) is 8.22. The van der Waals surface area contributed by atoms with E-state index in [9.17, 15) is 9.59 Å². The molecule has 158 valence electrons. The van der Waals surface area contributed by atoms with Crippen molar-refractivity contribution in [2.45, 2.75) is 72.6 Å². The molecule has 0 saturated heterocycles. The molecule has 2 aromatic rings. The molecule has 1 aliphatic rings. The lowest BCUT2D eigenvalue weighted by Crippen LogP contribution is -2.26. The quantitative estimate of drug-likeness (QED) is 0.612. The van der Waals surface area contributed by atoms with Gasteiger partial charge in [0, 0.05) is 35.9 Å². The van der Waals surface area contributed by atoms with Crippen molar-refractivity contribution in [2.24, 2.45) is 11.8 Å². The van der Waals surface area contributed by atoms with E-state index >= 15 is 0 Å². The van der Waals surface area contributed by atoms with Crippen molar-refractivity contribution < 1.29 is 9.59 Å². The molecule has 0 aliphatic heterocycles. The van der Waals surface area contributed by atoms with Gasteiger partial charge >= 0.3 is 0 Å². The Kier molecular flexibility index (Phi) is 8.62. The molecule has 1 aliphatic carbocycles. The molecule has 1 heterocycles. The van der Waals surface area contributed by atoms with Gasteiger partial charge in [0.15, 0.2) is 5.82 Å². The monoisotopic (exact) mass is 397 g/mol. The molecule has 0 radical (unpaired) electrons. The number of carbonyl (C=O) groups is 2. The van der Waals surface area contributed by atoms with E-state index in [1.54, 1.807) is 0 Å². The molecule has 0 bridgehead atoms. The van der Waals surface area contributed by atoms with Gasteiger partial charge in [-0.2, -0.15) is 5.10 Å². The highest BCUT2D eigenvalue weighted by Gasteiger charge is 2.27. The Labute approximate surface area is 174 Å². The van der Waals surface area contributed by atoms with Gasteiger partial charge in [-0.15, -0.1) is 0 Å². The smallest absolute Gasteiger partial charge is 0.229 e. The Morgan fingerprint density at radius 2 is 1.79 bits per heavy atom. The molecular formula is C24H35N3O2. The van der Waals surface area contributed by atoms with Crippen LogP contribution in [0.2, 0.25) is 0 Å². The molecule has 1 aromatic carbocycles. The maximum atomic E-state index is 12.3. The fourth-order valence-electron chi connectivity index (χ4n) is 3.13. The van der Waals surface area contributed by atoms with Crippen molar-refractivity contribution >= 4 is 17.5 Å². The van der Waals surface area contributed by atoms with Crippen LogP contribution in [0, 0.1) is 25.7 Å². The topological polar surface area (TPSA) is 74.8 Å². The number of amides is 1. The van der Waals surface area contributed by atoms with Crippen LogP contribution < -0.4 is 5.32 Å². The van der Waals surface area contributed by atoms with Crippen molar-refractivity contribution in [3.8, 4) is 0 Å². The largest absolute Gasteiger partial charge is 0.309 e. The number of rotatable bonds is 8. The van der Waals surface area contributed by atoms with Gasteiger partial charge in [-0.25, -0.2) is 0 Å². The van der Waals surface area contributed by atoms with Crippen LogP contribution in [0.5, 0.6) is 0 Å². The first-order chi connectivity index (χ1) is 13.8. The fraction of sp³-hybridized carbons (Fsp3) is 0.542. The number of hydrogen-bond acceptors (Lipinski definition) is 3. The first-order valence-electron chi connectivity index (χ1n) is 10.8. The molecule has 5 nitrogen and oxygen atoms in total. The predicted molar refractivity (Wildman–Crippen MR) is 118 cm³/mol. The molecule has 1 aromatic heterocycles. The number of Topliss-reactive ketones (excluding diaryl/α,β-unsaturated/α-hetero) is 1. The molecule has 0 spiro atoms. The number of benzene rings is 1. The lowest BCUT2D eigenvalue weighted by molar-refractivity contribution is -0.128. The van der Waals surface area contributed by atoms with Gasteiger partial charge in [0.05, 0.1) is 0 Å². The van der Waals surface area contributed by atoms with Gasteiger partial charge < -0.3 is 5.32 Å². The number of carbonyl (C=O) groups excluding carboxylic acids is 2. The minimum absolute atomic E-state index is 0.0266. The van der Waals surface area contributed by atoms with Crippen molar-refractivity contribution in [1.82, 2.24) is 10.2 Å². The Hall–Kier alpha value is -2.43. The minimum Gasteiger partial charge on any atom is -0.309 e. The average Bonchev–Trinajstić information content (AvgIpc) is 3.44. The molecule has 3 rings (SSSR count). The van der Waals surface area contributed by atoms with E-state index in [0.29, 0.717) is 24.6 Å². The molecule has 2 atom stereocenters. The van der Waals surface area contributed by atoms with Crippen LogP contribution in [0.1, 0.15) is 75.6 Å². The number of ketones is 1. The number of H-pyrrole nitrogens is 1. The van der Waals surface area contributed by atoms with Gasteiger partial charge in [0.1, 0.15) is 5.78 Å². The third-order valence-corrected chi connectivity index (χ3v) is 5.51. The van der Waals surface area contributed by atoms with Gasteiger partial charge in [-0.3, -0.25) is 14.7 Å². The second-order valence-corrected chi connectivity index (χ2v) is 8.22. The Morgan fingerprint density at radius 1 is 1.14 bits per heavy atom. The van der Waals surface area contributed by atoms with Crippen LogP contribution in [-0.2, 0) is 9.59 Å². The zero-order chi connectivity index (χ0) is 21.4. The normalized spacial score (nSPS) is 15.1. The summed E-state index contributed by atoms with van der Waals surface area (Å²) >= 11 is 0. The third-order valence-electron chi connectivity index (χ3n) is 5.51. The fourth-order valence-corrected chi connectivity index (χ4v) is 3.13. The van der Waals surface area contributed by atoms with Gasteiger partial charge in [0.25, 0.3) is 0 Å².